The highest BCUT2D eigenvalue weighted by atomic mass is 35.5. The molecule has 4 heteroatoms. The van der Waals surface area contributed by atoms with Gasteiger partial charge in [-0.2, -0.15) is 0 Å². The topological polar surface area (TPSA) is 48.1 Å². The molecule has 0 saturated heterocycles. The van der Waals surface area contributed by atoms with Crippen molar-refractivity contribution in [1.29, 1.82) is 0 Å². The van der Waals surface area contributed by atoms with E-state index in [9.17, 15) is 0 Å². The normalized spacial score (nSPS) is 12.3. The van der Waals surface area contributed by atoms with Crippen molar-refractivity contribution in [3.63, 3.8) is 0 Å². The van der Waals surface area contributed by atoms with E-state index in [0.717, 1.165) is 27.5 Å². The van der Waals surface area contributed by atoms with Crippen LogP contribution in [0.4, 0.5) is 0 Å². The molecule has 0 aliphatic carbocycles. The SMILES string of the molecule is Cc1cc(Oc2cc([C@H](C)N)ccn2)cc(C)c1Cl. The lowest BCUT2D eigenvalue weighted by Gasteiger charge is -2.11. The maximum atomic E-state index is 6.13. The van der Waals surface area contributed by atoms with E-state index in [1.165, 1.54) is 0 Å². The van der Waals surface area contributed by atoms with Crippen molar-refractivity contribution in [2.24, 2.45) is 5.73 Å². The van der Waals surface area contributed by atoms with E-state index in [1.54, 1.807) is 6.20 Å². The third-order valence-electron chi connectivity index (χ3n) is 2.92. The number of benzene rings is 1. The van der Waals surface area contributed by atoms with Gasteiger partial charge in [-0.3, -0.25) is 0 Å². The van der Waals surface area contributed by atoms with Crippen molar-refractivity contribution in [2.45, 2.75) is 26.8 Å². The smallest absolute Gasteiger partial charge is 0.219 e. The van der Waals surface area contributed by atoms with Crippen LogP contribution in [0.3, 0.4) is 0 Å². The highest BCUT2D eigenvalue weighted by molar-refractivity contribution is 6.32. The molecule has 2 aromatic rings. The third kappa shape index (κ3) is 3.25. The first-order valence-corrected chi connectivity index (χ1v) is 6.51. The fourth-order valence-corrected chi connectivity index (χ4v) is 1.96. The molecule has 19 heavy (non-hydrogen) atoms. The highest BCUT2D eigenvalue weighted by Gasteiger charge is 2.07. The van der Waals surface area contributed by atoms with Crippen molar-refractivity contribution >= 4 is 11.6 Å². The largest absolute Gasteiger partial charge is 0.439 e. The fraction of sp³-hybridized carbons (Fsp3) is 0.267. The minimum absolute atomic E-state index is 0.0426. The van der Waals surface area contributed by atoms with Gasteiger partial charge in [0.05, 0.1) is 0 Å². The average molecular weight is 277 g/mol. The first-order valence-electron chi connectivity index (χ1n) is 6.13. The van der Waals surface area contributed by atoms with Crippen molar-refractivity contribution in [1.82, 2.24) is 4.98 Å². The molecule has 1 aromatic carbocycles. The Balaban J connectivity index is 2.28. The summed E-state index contributed by atoms with van der Waals surface area (Å²) < 4.78 is 5.76. The molecule has 0 unspecified atom stereocenters. The third-order valence-corrected chi connectivity index (χ3v) is 3.51. The van der Waals surface area contributed by atoms with E-state index in [1.807, 2.05) is 45.0 Å². The summed E-state index contributed by atoms with van der Waals surface area (Å²) in [6, 6.07) is 7.49. The Bertz CT molecular complexity index is 573. The van der Waals surface area contributed by atoms with Crippen molar-refractivity contribution in [2.75, 3.05) is 0 Å². The number of rotatable bonds is 3. The van der Waals surface area contributed by atoms with Crippen LogP contribution in [0.15, 0.2) is 30.5 Å². The predicted octanol–water partition coefficient (Wildman–Crippen LogP) is 4.16. The van der Waals surface area contributed by atoms with Crippen molar-refractivity contribution in [3.05, 3.63) is 52.2 Å². The highest BCUT2D eigenvalue weighted by Crippen LogP contribution is 2.29. The van der Waals surface area contributed by atoms with Crippen LogP contribution >= 0.6 is 11.6 Å². The van der Waals surface area contributed by atoms with Gasteiger partial charge in [0.15, 0.2) is 0 Å². The molecule has 0 bridgehead atoms. The van der Waals surface area contributed by atoms with E-state index in [-0.39, 0.29) is 6.04 Å². The Morgan fingerprint density at radius 3 is 2.42 bits per heavy atom. The second-order valence-electron chi connectivity index (χ2n) is 4.69. The summed E-state index contributed by atoms with van der Waals surface area (Å²) in [7, 11) is 0. The van der Waals surface area contributed by atoms with Gasteiger partial charge in [-0.1, -0.05) is 11.6 Å². The summed E-state index contributed by atoms with van der Waals surface area (Å²) in [5.41, 5.74) is 8.81. The minimum Gasteiger partial charge on any atom is -0.439 e. The van der Waals surface area contributed by atoms with Crippen LogP contribution in [-0.4, -0.2) is 4.98 Å². The summed E-state index contributed by atoms with van der Waals surface area (Å²) in [5, 5.41) is 0.768. The summed E-state index contributed by atoms with van der Waals surface area (Å²) in [6.07, 6.45) is 1.70. The lowest BCUT2D eigenvalue weighted by molar-refractivity contribution is 0.461. The zero-order chi connectivity index (χ0) is 14.0. The van der Waals surface area contributed by atoms with Crippen molar-refractivity contribution in [3.8, 4) is 11.6 Å². The summed E-state index contributed by atoms with van der Waals surface area (Å²) in [5.74, 6) is 1.27. The number of hydrogen-bond acceptors (Lipinski definition) is 3. The molecule has 1 atom stereocenters. The molecule has 0 aliphatic rings. The molecular formula is C15H17ClN2O. The van der Waals surface area contributed by atoms with Gasteiger partial charge in [0.25, 0.3) is 0 Å². The molecule has 0 fully saturated rings. The van der Waals surface area contributed by atoms with Crippen LogP contribution in [-0.2, 0) is 0 Å². The number of nitrogens with zero attached hydrogens (tertiary/aromatic N) is 1. The van der Waals surface area contributed by atoms with Gasteiger partial charge in [0, 0.05) is 23.3 Å². The van der Waals surface area contributed by atoms with Crippen LogP contribution in [0.25, 0.3) is 0 Å². The molecule has 0 spiro atoms. The fourth-order valence-electron chi connectivity index (χ4n) is 1.85. The Morgan fingerprint density at radius 1 is 1.21 bits per heavy atom. The number of aromatic nitrogens is 1. The molecule has 0 radical (unpaired) electrons. The first-order chi connectivity index (χ1) is 8.97. The van der Waals surface area contributed by atoms with E-state index in [4.69, 9.17) is 22.1 Å². The Labute approximate surface area is 118 Å². The number of nitrogens with two attached hydrogens (primary N) is 1. The maximum Gasteiger partial charge on any atom is 0.219 e. The molecule has 2 N–H and O–H groups in total. The van der Waals surface area contributed by atoms with Crippen molar-refractivity contribution < 1.29 is 4.74 Å². The molecule has 0 aliphatic heterocycles. The molecule has 1 heterocycles. The van der Waals surface area contributed by atoms with Crippen LogP contribution in [0, 0.1) is 13.8 Å². The van der Waals surface area contributed by atoms with E-state index >= 15 is 0 Å². The maximum absolute atomic E-state index is 6.13. The average Bonchev–Trinajstić information content (AvgIpc) is 2.36. The van der Waals surface area contributed by atoms with Gasteiger partial charge in [-0.25, -0.2) is 4.98 Å². The quantitative estimate of drug-likeness (QED) is 0.915. The molecular weight excluding hydrogens is 260 g/mol. The Morgan fingerprint density at radius 2 is 1.84 bits per heavy atom. The van der Waals surface area contributed by atoms with E-state index in [0.29, 0.717) is 5.88 Å². The standard InChI is InChI=1S/C15H17ClN2O/c1-9-6-13(7-10(2)15(9)16)19-14-8-12(11(3)17)4-5-18-14/h4-8,11H,17H2,1-3H3/t11-/m0/s1. The summed E-state index contributed by atoms with van der Waals surface area (Å²) in [4.78, 5) is 4.19. The zero-order valence-electron chi connectivity index (χ0n) is 11.3. The monoisotopic (exact) mass is 276 g/mol. The number of hydrogen-bond donors (Lipinski definition) is 1. The van der Waals surface area contributed by atoms with E-state index in [2.05, 4.69) is 4.98 Å². The second-order valence-corrected chi connectivity index (χ2v) is 5.07. The molecule has 1 aromatic heterocycles. The first kappa shape index (κ1) is 13.8. The number of halogens is 1. The summed E-state index contributed by atoms with van der Waals surface area (Å²) in [6.45, 7) is 5.83. The molecule has 100 valence electrons. The van der Waals surface area contributed by atoms with Crippen LogP contribution in [0.5, 0.6) is 11.6 Å². The second kappa shape index (κ2) is 5.59. The van der Waals surface area contributed by atoms with Gasteiger partial charge in [0.2, 0.25) is 5.88 Å². The summed E-state index contributed by atoms with van der Waals surface area (Å²) >= 11 is 6.13. The molecule has 0 saturated carbocycles. The van der Waals surface area contributed by atoms with Crippen LogP contribution < -0.4 is 10.5 Å². The molecule has 2 rings (SSSR count). The minimum atomic E-state index is -0.0426. The lowest BCUT2D eigenvalue weighted by Crippen LogP contribution is -2.05. The van der Waals surface area contributed by atoms with Gasteiger partial charge in [-0.15, -0.1) is 0 Å². The number of pyridine rings is 1. The van der Waals surface area contributed by atoms with Crippen LogP contribution in [0.2, 0.25) is 5.02 Å². The predicted molar refractivity (Wildman–Crippen MR) is 77.8 cm³/mol. The van der Waals surface area contributed by atoms with Gasteiger partial charge in [-0.05, 0) is 55.7 Å². The zero-order valence-corrected chi connectivity index (χ0v) is 12.0. The molecule has 3 nitrogen and oxygen atoms in total. The molecule has 0 amide bonds. The van der Waals surface area contributed by atoms with Gasteiger partial charge in [0.1, 0.15) is 5.75 Å². The number of aryl methyl sites for hydroxylation is 2. The van der Waals surface area contributed by atoms with Gasteiger partial charge >= 0.3 is 0 Å². The van der Waals surface area contributed by atoms with Crippen LogP contribution in [0.1, 0.15) is 29.7 Å². The van der Waals surface area contributed by atoms with E-state index < -0.39 is 0 Å². The Hall–Kier alpha value is -1.58. The Kier molecular flexibility index (Phi) is 4.08. The van der Waals surface area contributed by atoms with Gasteiger partial charge < -0.3 is 10.5 Å². The lowest BCUT2D eigenvalue weighted by atomic mass is 10.1. The number of ether oxygens (including phenoxy) is 1.